The summed E-state index contributed by atoms with van der Waals surface area (Å²) in [6.45, 7) is 0. The Hall–Kier alpha value is -0.130. The van der Waals surface area contributed by atoms with Gasteiger partial charge in [-0.05, 0) is 70.7 Å². The first kappa shape index (κ1) is 13.8. The normalized spacial score (nSPS) is 30.3. The summed E-state index contributed by atoms with van der Waals surface area (Å²) in [7, 11) is -3.11. The minimum absolute atomic E-state index is 0.0576. The van der Waals surface area contributed by atoms with Crippen LogP contribution >= 0.6 is 34.9 Å². The van der Waals surface area contributed by atoms with E-state index in [1.54, 1.807) is 18.2 Å². The summed E-state index contributed by atoms with van der Waals surface area (Å²) in [6, 6.07) is 4.78. The second-order valence-corrected chi connectivity index (χ2v) is 10.6. The average Bonchev–Trinajstić information content (AvgIpc) is 2.52. The first-order valence-electron chi connectivity index (χ1n) is 5.94. The maximum Gasteiger partial charge on any atom is 0.442 e. The van der Waals surface area contributed by atoms with Crippen molar-refractivity contribution in [3.63, 3.8) is 0 Å². The zero-order valence-electron chi connectivity index (χ0n) is 9.81. The summed E-state index contributed by atoms with van der Waals surface area (Å²) in [5.41, 5.74) is -3.64. The quantitative estimate of drug-likeness (QED) is 0.529. The van der Waals surface area contributed by atoms with Crippen molar-refractivity contribution in [1.29, 1.82) is 0 Å². The Morgan fingerprint density at radius 3 is 2.47 bits per heavy atom. The highest BCUT2D eigenvalue weighted by molar-refractivity contribution is 9.59. The van der Waals surface area contributed by atoms with Gasteiger partial charge in [0.1, 0.15) is 0 Å². The summed E-state index contributed by atoms with van der Waals surface area (Å²) in [6.07, 6.45) is 4.43. The van der Waals surface area contributed by atoms with Crippen LogP contribution in [0.2, 0.25) is 5.02 Å². The molecule has 6 heteroatoms. The van der Waals surface area contributed by atoms with Gasteiger partial charge in [-0.3, -0.25) is 0 Å². The molecule has 2 aliphatic rings. The molecule has 3 rings (SSSR count). The number of allylic oxidation sites excluding steroid dienone is 1. The molecule has 1 unspecified atom stereocenters. The zero-order chi connectivity index (χ0) is 13.8. The number of fused-ring (bicyclic) bond motifs is 1. The monoisotopic (exact) mass is 370 g/mol. The fourth-order valence-corrected chi connectivity index (χ4v) is 7.18. The smallest absolute Gasteiger partial charge is 0.160 e. The van der Waals surface area contributed by atoms with Gasteiger partial charge >= 0.3 is 5.51 Å². The topological polar surface area (TPSA) is 0 Å². The molecule has 1 aliphatic carbocycles. The van der Waals surface area contributed by atoms with E-state index in [1.165, 1.54) is 6.07 Å². The van der Waals surface area contributed by atoms with Gasteiger partial charge < -0.3 is 0 Å². The largest absolute Gasteiger partial charge is 0.442 e. The summed E-state index contributed by atoms with van der Waals surface area (Å²) in [4.78, 5) is 0.818. The number of halogens is 5. The molecular weight excluding hydrogens is 361 g/mol. The van der Waals surface area contributed by atoms with E-state index in [4.69, 9.17) is 11.6 Å². The average molecular weight is 372 g/mol. The van der Waals surface area contributed by atoms with Gasteiger partial charge in [-0.25, -0.2) is 0 Å². The Bertz CT molecular complexity index is 565. The maximum atomic E-state index is 13.6. The van der Waals surface area contributed by atoms with Crippen LogP contribution in [0.3, 0.4) is 0 Å². The van der Waals surface area contributed by atoms with Gasteiger partial charge in [-0.1, -0.05) is 24.1 Å². The minimum Gasteiger partial charge on any atom is -0.160 e. The standard InChI is InChI=1S/C13H11BrClF3S/c14-19(13(16,17)18)11(8-2-1-3-8)6-9-4-5-10(15)7-12(9)19/h4-8H,1-3H2. The van der Waals surface area contributed by atoms with Gasteiger partial charge in [0.25, 0.3) is 0 Å². The molecule has 0 bridgehead atoms. The van der Waals surface area contributed by atoms with Crippen molar-refractivity contribution >= 4 is 41.0 Å². The van der Waals surface area contributed by atoms with Crippen LogP contribution in [0.25, 0.3) is 6.08 Å². The Kier molecular flexibility index (Phi) is 3.23. The van der Waals surface area contributed by atoms with Crippen molar-refractivity contribution in [1.82, 2.24) is 0 Å². The molecule has 1 fully saturated rings. The molecule has 0 spiro atoms. The predicted molar refractivity (Wildman–Crippen MR) is 77.6 cm³/mol. The first-order valence-corrected chi connectivity index (χ1v) is 9.80. The summed E-state index contributed by atoms with van der Waals surface area (Å²) < 4.78 is 40.9. The van der Waals surface area contributed by atoms with Gasteiger partial charge in [-0.2, -0.15) is 13.2 Å². The lowest BCUT2D eigenvalue weighted by Gasteiger charge is -2.41. The van der Waals surface area contributed by atoms with E-state index in [9.17, 15) is 13.2 Å². The Balaban J connectivity index is 2.17. The third-order valence-corrected chi connectivity index (χ3v) is 9.93. The highest BCUT2D eigenvalue weighted by Gasteiger charge is 2.57. The molecule has 1 aromatic rings. The zero-order valence-corrected chi connectivity index (χ0v) is 13.0. The number of alkyl halides is 3. The third kappa shape index (κ3) is 1.96. The van der Waals surface area contributed by atoms with E-state index in [0.29, 0.717) is 20.4 Å². The fourth-order valence-electron chi connectivity index (χ4n) is 2.53. The van der Waals surface area contributed by atoms with E-state index in [-0.39, 0.29) is 5.92 Å². The molecule has 1 heterocycles. The van der Waals surface area contributed by atoms with Crippen molar-refractivity contribution in [2.75, 3.05) is 0 Å². The van der Waals surface area contributed by atoms with Crippen LogP contribution < -0.4 is 0 Å². The van der Waals surface area contributed by atoms with Crippen LogP contribution in [0.1, 0.15) is 24.8 Å². The molecule has 0 nitrogen and oxygen atoms in total. The lowest BCUT2D eigenvalue weighted by Crippen LogP contribution is -2.22. The van der Waals surface area contributed by atoms with E-state index in [2.05, 4.69) is 14.8 Å². The van der Waals surface area contributed by atoms with E-state index < -0.39 is 14.0 Å². The molecule has 0 radical (unpaired) electrons. The number of rotatable bonds is 1. The Morgan fingerprint density at radius 2 is 1.95 bits per heavy atom. The van der Waals surface area contributed by atoms with Crippen molar-refractivity contribution in [3.8, 4) is 0 Å². The highest BCUT2D eigenvalue weighted by Crippen LogP contribution is 2.83. The van der Waals surface area contributed by atoms with Crippen LogP contribution in [0.15, 0.2) is 28.0 Å². The van der Waals surface area contributed by atoms with E-state index in [0.717, 1.165) is 19.3 Å². The van der Waals surface area contributed by atoms with Crippen LogP contribution in [0, 0.1) is 5.92 Å². The van der Waals surface area contributed by atoms with Crippen molar-refractivity contribution < 1.29 is 13.2 Å². The minimum atomic E-state index is -4.29. The van der Waals surface area contributed by atoms with Crippen molar-refractivity contribution in [2.45, 2.75) is 29.7 Å². The number of benzene rings is 1. The molecule has 0 amide bonds. The summed E-state index contributed by atoms with van der Waals surface area (Å²) in [5.74, 6) is 0.0576. The van der Waals surface area contributed by atoms with Gasteiger partial charge in [0, 0.05) is 9.92 Å². The molecule has 0 aromatic heterocycles. The lowest BCUT2D eigenvalue weighted by atomic mass is 9.85. The summed E-state index contributed by atoms with van der Waals surface area (Å²) >= 11 is 8.95. The first-order chi connectivity index (χ1) is 8.84. The SMILES string of the molecule is FC(F)(F)S1(Br)C(C2CCC2)=Cc2ccc(Cl)cc21. The highest BCUT2D eigenvalue weighted by atomic mass is 79.9. The number of hydrogen-bond acceptors (Lipinski definition) is 0. The maximum absolute atomic E-state index is 13.6. The van der Waals surface area contributed by atoms with Crippen LogP contribution in [0.4, 0.5) is 13.2 Å². The molecule has 19 heavy (non-hydrogen) atoms. The van der Waals surface area contributed by atoms with Gasteiger partial charge in [0.15, 0.2) is 0 Å². The van der Waals surface area contributed by atoms with Crippen LogP contribution in [0.5, 0.6) is 0 Å². The van der Waals surface area contributed by atoms with Crippen LogP contribution in [-0.2, 0) is 0 Å². The van der Waals surface area contributed by atoms with E-state index >= 15 is 0 Å². The van der Waals surface area contributed by atoms with E-state index in [1.807, 2.05) is 0 Å². The van der Waals surface area contributed by atoms with Crippen molar-refractivity contribution in [3.05, 3.63) is 33.7 Å². The van der Waals surface area contributed by atoms with Gasteiger partial charge in [-0.15, -0.1) is 0 Å². The molecule has 1 aromatic carbocycles. The van der Waals surface area contributed by atoms with Crippen LogP contribution in [-0.4, -0.2) is 5.51 Å². The molecule has 104 valence electrons. The predicted octanol–water partition coefficient (Wildman–Crippen LogP) is 6.49. The second-order valence-electron chi connectivity index (χ2n) is 4.84. The Morgan fingerprint density at radius 1 is 1.26 bits per heavy atom. The third-order valence-electron chi connectivity index (χ3n) is 3.73. The molecule has 0 N–H and O–H groups in total. The number of hydrogen-bond donors (Lipinski definition) is 0. The van der Waals surface area contributed by atoms with Crippen molar-refractivity contribution in [2.24, 2.45) is 5.92 Å². The lowest BCUT2D eigenvalue weighted by molar-refractivity contribution is -0.0358. The Labute approximate surface area is 123 Å². The van der Waals surface area contributed by atoms with Gasteiger partial charge in [0.2, 0.25) is 0 Å². The molecule has 1 saturated carbocycles. The second kappa shape index (κ2) is 4.43. The summed E-state index contributed by atoms with van der Waals surface area (Å²) in [5, 5.41) is 0.350. The molecular formula is C13H11BrClF3S. The fraction of sp³-hybridized carbons (Fsp3) is 0.385. The van der Waals surface area contributed by atoms with Gasteiger partial charge in [0.05, 0.1) is 0 Å². The molecule has 1 aliphatic heterocycles. The molecule has 0 saturated heterocycles. The molecule has 1 atom stereocenters.